The zero-order valence-corrected chi connectivity index (χ0v) is 10.7. The molecule has 0 fully saturated rings. The fraction of sp³-hybridized carbons (Fsp3) is 0.333. The molecule has 6 heteroatoms. The summed E-state index contributed by atoms with van der Waals surface area (Å²) in [5, 5.41) is 20.2. The summed E-state index contributed by atoms with van der Waals surface area (Å²) in [4.78, 5) is 22.5. The number of rotatable bonds is 7. The SMILES string of the molecule is CCSc1ccc(NC(CC(=O)O)C(=O)O)cc1. The van der Waals surface area contributed by atoms with Crippen molar-refractivity contribution in [3.8, 4) is 0 Å². The van der Waals surface area contributed by atoms with Crippen LogP contribution in [0.5, 0.6) is 0 Å². The third kappa shape index (κ3) is 4.67. The number of hydrogen-bond acceptors (Lipinski definition) is 4. The number of carbonyl (C=O) groups is 2. The number of carboxylic acids is 2. The summed E-state index contributed by atoms with van der Waals surface area (Å²) in [6.45, 7) is 2.05. The van der Waals surface area contributed by atoms with Crippen LogP contribution in [0.25, 0.3) is 0 Å². The van der Waals surface area contributed by atoms with Crippen LogP contribution in [-0.4, -0.2) is 33.9 Å². The van der Waals surface area contributed by atoms with E-state index in [9.17, 15) is 9.59 Å². The van der Waals surface area contributed by atoms with E-state index in [1.165, 1.54) is 0 Å². The summed E-state index contributed by atoms with van der Waals surface area (Å²) in [6.07, 6.45) is -0.458. The summed E-state index contributed by atoms with van der Waals surface area (Å²) in [5.74, 6) is -1.36. The molecule has 0 saturated heterocycles. The van der Waals surface area contributed by atoms with Crippen molar-refractivity contribution in [3.05, 3.63) is 24.3 Å². The minimum absolute atomic E-state index is 0.458. The first-order valence-electron chi connectivity index (χ1n) is 5.47. The van der Waals surface area contributed by atoms with Crippen LogP contribution in [0.1, 0.15) is 13.3 Å². The standard InChI is InChI=1S/C12H15NO4S/c1-2-18-9-5-3-8(4-6-9)13-10(12(16)17)7-11(14)15/h3-6,10,13H,2,7H2,1H3,(H,14,15)(H,16,17). The molecular weight excluding hydrogens is 254 g/mol. The van der Waals surface area contributed by atoms with E-state index in [0.29, 0.717) is 5.69 Å². The van der Waals surface area contributed by atoms with Crippen LogP contribution in [0.4, 0.5) is 5.69 Å². The first kappa shape index (κ1) is 14.4. The molecule has 0 saturated carbocycles. The Bertz CT molecular complexity index is 419. The van der Waals surface area contributed by atoms with Crippen LogP contribution in [0.15, 0.2) is 29.2 Å². The summed E-state index contributed by atoms with van der Waals surface area (Å²) in [5.41, 5.74) is 0.601. The fourth-order valence-corrected chi connectivity index (χ4v) is 2.05. The van der Waals surface area contributed by atoms with Crippen LogP contribution in [0.2, 0.25) is 0 Å². The lowest BCUT2D eigenvalue weighted by Crippen LogP contribution is -2.31. The van der Waals surface area contributed by atoms with E-state index in [4.69, 9.17) is 10.2 Å². The molecule has 98 valence electrons. The predicted octanol–water partition coefficient (Wildman–Crippen LogP) is 2.14. The van der Waals surface area contributed by atoms with Crippen LogP contribution < -0.4 is 5.32 Å². The number of anilines is 1. The number of thioether (sulfide) groups is 1. The van der Waals surface area contributed by atoms with Gasteiger partial charge in [0.2, 0.25) is 0 Å². The molecular formula is C12H15NO4S. The highest BCUT2D eigenvalue weighted by Gasteiger charge is 2.20. The normalized spacial score (nSPS) is 11.8. The molecule has 0 heterocycles. The molecule has 0 bridgehead atoms. The van der Waals surface area contributed by atoms with Gasteiger partial charge < -0.3 is 15.5 Å². The molecule has 18 heavy (non-hydrogen) atoms. The second-order valence-electron chi connectivity index (χ2n) is 3.59. The average Bonchev–Trinajstić information content (AvgIpc) is 2.30. The van der Waals surface area contributed by atoms with Crippen molar-refractivity contribution in [1.82, 2.24) is 0 Å². The molecule has 1 aromatic rings. The Kier molecular flexibility index (Phi) is 5.51. The number of benzene rings is 1. The fourth-order valence-electron chi connectivity index (χ4n) is 1.39. The number of aliphatic carboxylic acids is 2. The first-order valence-corrected chi connectivity index (χ1v) is 6.45. The quantitative estimate of drug-likeness (QED) is 0.657. The molecule has 1 atom stereocenters. The maximum absolute atomic E-state index is 10.9. The minimum Gasteiger partial charge on any atom is -0.481 e. The highest BCUT2D eigenvalue weighted by Crippen LogP contribution is 2.20. The van der Waals surface area contributed by atoms with Gasteiger partial charge in [-0.1, -0.05) is 6.92 Å². The lowest BCUT2D eigenvalue weighted by molar-refractivity contribution is -0.144. The summed E-state index contributed by atoms with van der Waals surface area (Å²) in [7, 11) is 0. The maximum Gasteiger partial charge on any atom is 0.326 e. The molecule has 0 amide bonds. The van der Waals surface area contributed by atoms with Crippen LogP contribution in [-0.2, 0) is 9.59 Å². The highest BCUT2D eigenvalue weighted by molar-refractivity contribution is 7.99. The molecule has 1 unspecified atom stereocenters. The molecule has 0 aliphatic rings. The first-order chi connectivity index (χ1) is 8.52. The third-order valence-corrected chi connectivity index (χ3v) is 3.08. The van der Waals surface area contributed by atoms with Crippen molar-refractivity contribution in [2.24, 2.45) is 0 Å². The Labute approximate surface area is 109 Å². The largest absolute Gasteiger partial charge is 0.481 e. The molecule has 0 aliphatic carbocycles. The van der Waals surface area contributed by atoms with Gasteiger partial charge in [-0.2, -0.15) is 0 Å². The van der Waals surface area contributed by atoms with Crippen molar-refractivity contribution in [3.63, 3.8) is 0 Å². The van der Waals surface area contributed by atoms with Gasteiger partial charge in [0.1, 0.15) is 6.04 Å². The van der Waals surface area contributed by atoms with Gasteiger partial charge >= 0.3 is 11.9 Å². The van der Waals surface area contributed by atoms with E-state index >= 15 is 0 Å². The maximum atomic E-state index is 10.9. The molecule has 0 aliphatic heterocycles. The molecule has 0 radical (unpaired) electrons. The zero-order chi connectivity index (χ0) is 13.5. The van der Waals surface area contributed by atoms with Gasteiger partial charge in [-0.3, -0.25) is 4.79 Å². The molecule has 1 aromatic carbocycles. The van der Waals surface area contributed by atoms with Crippen LogP contribution in [0.3, 0.4) is 0 Å². The van der Waals surface area contributed by atoms with Gasteiger partial charge in [-0.05, 0) is 30.0 Å². The Morgan fingerprint density at radius 3 is 2.33 bits per heavy atom. The second kappa shape index (κ2) is 6.90. The third-order valence-electron chi connectivity index (χ3n) is 2.18. The van der Waals surface area contributed by atoms with Crippen molar-refractivity contribution in [1.29, 1.82) is 0 Å². The van der Waals surface area contributed by atoms with E-state index in [0.717, 1.165) is 10.6 Å². The number of carboxylic acid groups (broad SMARTS) is 2. The topological polar surface area (TPSA) is 86.6 Å². The Morgan fingerprint density at radius 2 is 1.89 bits per heavy atom. The molecule has 5 nitrogen and oxygen atoms in total. The smallest absolute Gasteiger partial charge is 0.326 e. The van der Waals surface area contributed by atoms with Gasteiger partial charge in [-0.25, -0.2) is 4.79 Å². The molecule has 0 spiro atoms. The average molecular weight is 269 g/mol. The number of hydrogen-bond donors (Lipinski definition) is 3. The van der Waals surface area contributed by atoms with Crippen molar-refractivity contribution >= 4 is 29.4 Å². The van der Waals surface area contributed by atoms with E-state index in [-0.39, 0.29) is 0 Å². The summed E-state index contributed by atoms with van der Waals surface area (Å²) < 4.78 is 0. The van der Waals surface area contributed by atoms with Gasteiger partial charge in [0.05, 0.1) is 6.42 Å². The lowest BCUT2D eigenvalue weighted by atomic mass is 10.2. The van der Waals surface area contributed by atoms with E-state index in [1.54, 1.807) is 23.9 Å². The lowest BCUT2D eigenvalue weighted by Gasteiger charge is -2.13. The van der Waals surface area contributed by atoms with E-state index in [1.807, 2.05) is 19.1 Å². The Morgan fingerprint density at radius 1 is 1.28 bits per heavy atom. The van der Waals surface area contributed by atoms with Crippen LogP contribution in [0, 0.1) is 0 Å². The highest BCUT2D eigenvalue weighted by atomic mass is 32.2. The minimum atomic E-state index is -1.18. The Hall–Kier alpha value is -1.69. The Balaban J connectivity index is 2.68. The monoisotopic (exact) mass is 269 g/mol. The van der Waals surface area contributed by atoms with E-state index in [2.05, 4.69) is 5.32 Å². The van der Waals surface area contributed by atoms with Gasteiger partial charge in [-0.15, -0.1) is 11.8 Å². The second-order valence-corrected chi connectivity index (χ2v) is 4.93. The van der Waals surface area contributed by atoms with E-state index < -0.39 is 24.4 Å². The van der Waals surface area contributed by atoms with Gasteiger partial charge in [0.15, 0.2) is 0 Å². The van der Waals surface area contributed by atoms with Gasteiger partial charge in [0.25, 0.3) is 0 Å². The van der Waals surface area contributed by atoms with Crippen molar-refractivity contribution in [2.75, 3.05) is 11.1 Å². The summed E-state index contributed by atoms with van der Waals surface area (Å²) >= 11 is 1.68. The van der Waals surface area contributed by atoms with Crippen LogP contribution >= 0.6 is 11.8 Å². The molecule has 3 N–H and O–H groups in total. The zero-order valence-electron chi connectivity index (χ0n) is 9.92. The molecule has 1 rings (SSSR count). The molecule has 0 aromatic heterocycles. The summed E-state index contributed by atoms with van der Waals surface area (Å²) in [6, 6.07) is 6.12. The van der Waals surface area contributed by atoms with Gasteiger partial charge in [0, 0.05) is 10.6 Å². The number of nitrogens with one attached hydrogen (secondary N) is 1. The van der Waals surface area contributed by atoms with Crippen molar-refractivity contribution in [2.45, 2.75) is 24.3 Å². The van der Waals surface area contributed by atoms with Crippen molar-refractivity contribution < 1.29 is 19.8 Å². The predicted molar refractivity (Wildman–Crippen MR) is 70.1 cm³/mol.